The van der Waals surface area contributed by atoms with Gasteiger partial charge in [-0.25, -0.2) is 4.79 Å². The van der Waals surface area contributed by atoms with Crippen LogP contribution in [0, 0.1) is 0 Å². The second-order valence-electron chi connectivity index (χ2n) is 8.80. The molecular weight excluding hydrogens is 463 g/mol. The third-order valence-electron chi connectivity index (χ3n) is 6.57. The fourth-order valence-electron chi connectivity index (χ4n) is 4.80. The number of ether oxygens (including phenoxy) is 2. The molecule has 2 heterocycles. The monoisotopic (exact) mass is 491 g/mol. The third-order valence-corrected chi connectivity index (χ3v) is 6.57. The molecule has 2 aliphatic heterocycles. The number of hydrogen-bond donors (Lipinski definition) is 0. The van der Waals surface area contributed by atoms with Crippen molar-refractivity contribution >= 4 is 11.9 Å². The summed E-state index contributed by atoms with van der Waals surface area (Å²) in [5.41, 5.74) is 0.779. The van der Waals surface area contributed by atoms with Crippen LogP contribution < -0.4 is 4.74 Å². The van der Waals surface area contributed by atoms with E-state index in [2.05, 4.69) is 21.8 Å². The van der Waals surface area contributed by atoms with E-state index in [1.54, 1.807) is 12.0 Å². The molecule has 0 unspecified atom stereocenters. The number of alkyl halides is 3. The van der Waals surface area contributed by atoms with Gasteiger partial charge >= 0.3 is 12.4 Å². The summed E-state index contributed by atoms with van der Waals surface area (Å²) >= 11 is 0. The first-order valence-corrected chi connectivity index (χ1v) is 11.5. The maximum Gasteiger partial charge on any atom is 0.573 e. The molecule has 0 aromatic heterocycles. The summed E-state index contributed by atoms with van der Waals surface area (Å²) in [6.07, 6.45) is -3.78. The van der Waals surface area contributed by atoms with Gasteiger partial charge in [0.1, 0.15) is 11.3 Å². The number of nitrogens with zero attached hydrogens (tertiary/aromatic N) is 3. The first kappa shape index (κ1) is 25.0. The van der Waals surface area contributed by atoms with E-state index in [4.69, 9.17) is 4.74 Å². The molecule has 7 nitrogen and oxygen atoms in total. The molecule has 0 atom stereocenters. The molecule has 0 saturated carbocycles. The molecule has 2 aliphatic rings. The van der Waals surface area contributed by atoms with Gasteiger partial charge in [0.05, 0.1) is 13.2 Å². The van der Waals surface area contributed by atoms with Gasteiger partial charge in [0.25, 0.3) is 5.91 Å². The molecular formula is C25H28F3N3O4. The zero-order valence-corrected chi connectivity index (χ0v) is 19.5. The van der Waals surface area contributed by atoms with Crippen LogP contribution in [-0.2, 0) is 22.6 Å². The van der Waals surface area contributed by atoms with Gasteiger partial charge < -0.3 is 14.4 Å². The molecule has 2 aromatic rings. The zero-order chi connectivity index (χ0) is 25.1. The quantitative estimate of drug-likeness (QED) is 0.522. The largest absolute Gasteiger partial charge is 0.573 e. The van der Waals surface area contributed by atoms with Crippen LogP contribution in [0.2, 0.25) is 0 Å². The van der Waals surface area contributed by atoms with Gasteiger partial charge in [-0.05, 0) is 36.1 Å². The number of carbonyl (C=O) groups is 2. The van der Waals surface area contributed by atoms with Crippen LogP contribution in [0.15, 0.2) is 54.6 Å². The van der Waals surface area contributed by atoms with Crippen LogP contribution in [0.5, 0.6) is 5.75 Å². The summed E-state index contributed by atoms with van der Waals surface area (Å²) < 4.78 is 46.4. The minimum atomic E-state index is -4.79. The highest BCUT2D eigenvalue weighted by Crippen LogP contribution is 2.38. The number of urea groups is 1. The van der Waals surface area contributed by atoms with E-state index in [1.807, 2.05) is 18.2 Å². The van der Waals surface area contributed by atoms with Gasteiger partial charge in [-0.3, -0.25) is 14.6 Å². The molecule has 0 radical (unpaired) electrons. The Kier molecular flexibility index (Phi) is 7.32. The van der Waals surface area contributed by atoms with E-state index in [0.29, 0.717) is 38.1 Å². The van der Waals surface area contributed by atoms with Crippen LogP contribution in [0.25, 0.3) is 0 Å². The van der Waals surface area contributed by atoms with Crippen molar-refractivity contribution in [2.24, 2.45) is 0 Å². The van der Waals surface area contributed by atoms with Crippen LogP contribution in [0.1, 0.15) is 24.0 Å². The summed E-state index contributed by atoms with van der Waals surface area (Å²) in [5.74, 6) is -0.627. The number of likely N-dealkylation sites (tertiary alicyclic amines) is 1. The predicted molar refractivity (Wildman–Crippen MR) is 121 cm³/mol. The average molecular weight is 492 g/mol. The van der Waals surface area contributed by atoms with Crippen molar-refractivity contribution in [1.29, 1.82) is 0 Å². The van der Waals surface area contributed by atoms with Gasteiger partial charge in [0.2, 0.25) is 0 Å². The molecule has 2 fully saturated rings. The van der Waals surface area contributed by atoms with Crippen molar-refractivity contribution in [3.8, 4) is 5.75 Å². The van der Waals surface area contributed by atoms with Crippen molar-refractivity contribution in [3.05, 3.63) is 65.7 Å². The zero-order valence-electron chi connectivity index (χ0n) is 19.5. The summed E-state index contributed by atoms with van der Waals surface area (Å²) in [6, 6.07) is 14.9. The van der Waals surface area contributed by atoms with E-state index < -0.39 is 17.9 Å². The number of imide groups is 1. The van der Waals surface area contributed by atoms with Gasteiger partial charge in [-0.1, -0.05) is 42.5 Å². The lowest BCUT2D eigenvalue weighted by atomic mass is 9.85. The standard InChI is InChI=1S/C25H28F3N3O4/c1-34-16-15-31-23(33)30(18-20-7-9-21(10-8-20)35-25(26,27)28)22(32)24(31)11-13-29(14-12-24)17-19-5-3-2-4-6-19/h2-10H,11-18H2,1H3. The Morgan fingerprint density at radius 3 is 2.14 bits per heavy atom. The fourth-order valence-corrected chi connectivity index (χ4v) is 4.80. The first-order chi connectivity index (χ1) is 16.7. The lowest BCUT2D eigenvalue weighted by molar-refractivity contribution is -0.274. The minimum absolute atomic E-state index is 0.0249. The second-order valence-corrected chi connectivity index (χ2v) is 8.80. The van der Waals surface area contributed by atoms with E-state index >= 15 is 0 Å². The molecule has 0 N–H and O–H groups in total. The Morgan fingerprint density at radius 2 is 1.54 bits per heavy atom. The molecule has 188 valence electrons. The number of rotatable bonds is 8. The number of amides is 3. The lowest BCUT2D eigenvalue weighted by Gasteiger charge is -2.42. The summed E-state index contributed by atoms with van der Waals surface area (Å²) in [5, 5.41) is 0. The van der Waals surface area contributed by atoms with Crippen molar-refractivity contribution in [3.63, 3.8) is 0 Å². The van der Waals surface area contributed by atoms with Crippen molar-refractivity contribution in [2.45, 2.75) is 37.8 Å². The Balaban J connectivity index is 1.48. The van der Waals surface area contributed by atoms with Crippen LogP contribution in [0.3, 0.4) is 0 Å². The van der Waals surface area contributed by atoms with Crippen LogP contribution in [0.4, 0.5) is 18.0 Å². The van der Waals surface area contributed by atoms with Gasteiger partial charge in [0.15, 0.2) is 0 Å². The molecule has 3 amide bonds. The summed E-state index contributed by atoms with van der Waals surface area (Å²) in [4.78, 5) is 32.0. The number of piperidine rings is 1. The Bertz CT molecular complexity index is 1020. The van der Waals surface area contributed by atoms with Crippen LogP contribution in [-0.4, -0.2) is 71.9 Å². The smallest absolute Gasteiger partial charge is 0.406 e. The topological polar surface area (TPSA) is 62.3 Å². The minimum Gasteiger partial charge on any atom is -0.406 e. The molecule has 0 aliphatic carbocycles. The van der Waals surface area contributed by atoms with E-state index in [9.17, 15) is 22.8 Å². The van der Waals surface area contributed by atoms with Crippen molar-refractivity contribution < 1.29 is 32.2 Å². The number of methoxy groups -OCH3 is 1. The highest BCUT2D eigenvalue weighted by atomic mass is 19.4. The third kappa shape index (κ3) is 5.59. The summed E-state index contributed by atoms with van der Waals surface area (Å²) in [7, 11) is 1.54. The number of benzene rings is 2. The molecule has 4 rings (SSSR count). The fraction of sp³-hybridized carbons (Fsp3) is 0.440. The maximum absolute atomic E-state index is 13.6. The highest BCUT2D eigenvalue weighted by molar-refractivity contribution is 6.07. The lowest BCUT2D eigenvalue weighted by Crippen LogP contribution is -2.57. The number of hydrogen-bond acceptors (Lipinski definition) is 5. The predicted octanol–water partition coefficient (Wildman–Crippen LogP) is 4.03. The molecule has 2 aromatic carbocycles. The molecule has 35 heavy (non-hydrogen) atoms. The van der Waals surface area contributed by atoms with Crippen LogP contribution >= 0.6 is 0 Å². The van der Waals surface area contributed by atoms with Crippen molar-refractivity contribution in [2.75, 3.05) is 33.4 Å². The van der Waals surface area contributed by atoms with Gasteiger partial charge in [-0.15, -0.1) is 13.2 Å². The van der Waals surface area contributed by atoms with E-state index in [-0.39, 0.29) is 24.7 Å². The van der Waals surface area contributed by atoms with Gasteiger partial charge in [-0.2, -0.15) is 0 Å². The Labute approximate surface area is 202 Å². The SMILES string of the molecule is COCCN1C(=O)N(Cc2ccc(OC(F)(F)F)cc2)C(=O)C12CCN(Cc1ccccc1)CC2. The maximum atomic E-state index is 13.6. The molecule has 10 heteroatoms. The molecule has 1 spiro atoms. The summed E-state index contributed by atoms with van der Waals surface area (Å²) in [6.45, 7) is 2.65. The Morgan fingerprint density at radius 1 is 0.914 bits per heavy atom. The number of halogens is 3. The normalized spacial score (nSPS) is 18.5. The highest BCUT2D eigenvalue weighted by Gasteiger charge is 2.57. The van der Waals surface area contributed by atoms with Crippen molar-refractivity contribution in [1.82, 2.24) is 14.7 Å². The average Bonchev–Trinajstić information content (AvgIpc) is 3.01. The van der Waals surface area contributed by atoms with E-state index in [0.717, 1.165) is 6.54 Å². The Hall–Kier alpha value is -3.11. The second kappa shape index (κ2) is 10.2. The molecule has 2 saturated heterocycles. The van der Waals surface area contributed by atoms with E-state index in [1.165, 1.54) is 34.7 Å². The van der Waals surface area contributed by atoms with Gasteiger partial charge in [0, 0.05) is 33.3 Å². The molecule has 0 bridgehead atoms. The first-order valence-electron chi connectivity index (χ1n) is 11.5. The number of carbonyl (C=O) groups excluding carboxylic acids is 2.